The minimum atomic E-state index is -0.900. The molecule has 1 unspecified atom stereocenters. The van der Waals surface area contributed by atoms with Gasteiger partial charge < -0.3 is 14.2 Å². The van der Waals surface area contributed by atoms with Gasteiger partial charge in [-0.25, -0.2) is 14.4 Å². The molecule has 0 N–H and O–H groups in total. The number of allylic oxidation sites excluding steroid dienone is 2. The molecule has 36 heavy (non-hydrogen) atoms. The number of hydrogen-bond acceptors (Lipinski definition) is 6. The fraction of sp³-hybridized carbons (Fsp3) is 0.367. The van der Waals surface area contributed by atoms with Crippen LogP contribution in [0.5, 0.6) is 0 Å². The summed E-state index contributed by atoms with van der Waals surface area (Å²) >= 11 is 0. The summed E-state index contributed by atoms with van der Waals surface area (Å²) in [5, 5.41) is 0. The van der Waals surface area contributed by atoms with Gasteiger partial charge in [0, 0.05) is 0 Å². The van der Waals surface area contributed by atoms with Crippen molar-refractivity contribution in [1.29, 1.82) is 0 Å². The van der Waals surface area contributed by atoms with Crippen LogP contribution in [0.1, 0.15) is 58.5 Å². The molecule has 0 heterocycles. The summed E-state index contributed by atoms with van der Waals surface area (Å²) < 4.78 is 16.9. The third kappa shape index (κ3) is 7.41. The number of aryl methyl sites for hydroxylation is 2. The van der Waals surface area contributed by atoms with Crippen LogP contribution in [-0.2, 0) is 19.0 Å². The summed E-state index contributed by atoms with van der Waals surface area (Å²) in [6.07, 6.45) is 6.81. The quantitative estimate of drug-likeness (QED) is 0.310. The molecule has 0 bridgehead atoms. The van der Waals surface area contributed by atoms with Gasteiger partial charge in [0.25, 0.3) is 0 Å². The van der Waals surface area contributed by atoms with Crippen molar-refractivity contribution >= 4 is 17.9 Å². The molecule has 0 spiro atoms. The van der Waals surface area contributed by atoms with Gasteiger partial charge in [-0.15, -0.1) is 0 Å². The van der Waals surface area contributed by atoms with E-state index in [0.717, 1.165) is 17.5 Å². The van der Waals surface area contributed by atoms with Crippen LogP contribution in [0.4, 0.5) is 0 Å². The van der Waals surface area contributed by atoms with Crippen molar-refractivity contribution in [3.05, 3.63) is 94.6 Å². The largest absolute Gasteiger partial charge is 0.461 e. The van der Waals surface area contributed by atoms with E-state index in [4.69, 9.17) is 14.2 Å². The number of hydrogen-bond donors (Lipinski definition) is 0. The molecule has 0 saturated carbocycles. The minimum Gasteiger partial charge on any atom is -0.461 e. The van der Waals surface area contributed by atoms with Crippen molar-refractivity contribution in [3.8, 4) is 0 Å². The van der Waals surface area contributed by atoms with Crippen molar-refractivity contribution < 1.29 is 28.6 Å². The van der Waals surface area contributed by atoms with E-state index in [1.165, 1.54) is 0 Å². The predicted molar refractivity (Wildman–Crippen MR) is 138 cm³/mol. The summed E-state index contributed by atoms with van der Waals surface area (Å²) in [5.41, 5.74) is 2.50. The third-order valence-electron chi connectivity index (χ3n) is 6.40. The molecule has 2 aromatic carbocycles. The first-order valence-electron chi connectivity index (χ1n) is 12.2. The molecule has 6 heteroatoms. The third-order valence-corrected chi connectivity index (χ3v) is 6.40. The molecule has 0 aliphatic heterocycles. The summed E-state index contributed by atoms with van der Waals surface area (Å²) in [7, 11) is 0. The topological polar surface area (TPSA) is 78.9 Å². The maximum atomic E-state index is 12.7. The lowest BCUT2D eigenvalue weighted by Crippen LogP contribution is -2.39. The number of carbonyl (C=O) groups excluding carboxylic acids is 3. The van der Waals surface area contributed by atoms with Gasteiger partial charge in [0.2, 0.25) is 0 Å². The van der Waals surface area contributed by atoms with Crippen LogP contribution in [0.15, 0.2) is 72.3 Å². The average Bonchev–Trinajstić information content (AvgIpc) is 2.89. The molecule has 1 aliphatic rings. The molecule has 190 valence electrons. The van der Waals surface area contributed by atoms with Crippen LogP contribution in [0.3, 0.4) is 0 Å². The lowest BCUT2D eigenvalue weighted by molar-refractivity contribution is -0.144. The highest BCUT2D eigenvalue weighted by molar-refractivity contribution is 5.92. The van der Waals surface area contributed by atoms with Crippen LogP contribution in [0, 0.1) is 25.2 Å². The standard InChI is InChI=1S/C30H34O6/c1-5-30(18-34-27(31)24-12-6-21(2)7-13-24,19-35-28(32)25-14-8-22(3)9-15-25)20-36-29(33)26-16-10-23(4)11-17-26/h6-10,12-17,23H,5,11,18-20H2,1-4H3. The number of carbonyl (C=O) groups is 3. The molecule has 0 saturated heterocycles. The Balaban J connectivity index is 1.71. The fourth-order valence-corrected chi connectivity index (χ4v) is 3.60. The molecule has 3 rings (SSSR count). The van der Waals surface area contributed by atoms with Gasteiger partial charge >= 0.3 is 17.9 Å². The van der Waals surface area contributed by atoms with Gasteiger partial charge in [0.05, 0.1) is 22.1 Å². The van der Waals surface area contributed by atoms with Crippen LogP contribution in [0.25, 0.3) is 0 Å². The Labute approximate surface area is 212 Å². The van der Waals surface area contributed by atoms with E-state index in [1.807, 2.05) is 57.2 Å². The van der Waals surface area contributed by atoms with Crippen LogP contribution < -0.4 is 0 Å². The fourth-order valence-electron chi connectivity index (χ4n) is 3.60. The van der Waals surface area contributed by atoms with Gasteiger partial charge in [-0.2, -0.15) is 0 Å². The molecule has 0 amide bonds. The van der Waals surface area contributed by atoms with Crippen molar-refractivity contribution in [2.45, 2.75) is 40.5 Å². The first-order valence-corrected chi connectivity index (χ1v) is 12.2. The van der Waals surface area contributed by atoms with Crippen molar-refractivity contribution in [2.24, 2.45) is 11.3 Å². The summed E-state index contributed by atoms with van der Waals surface area (Å²) in [6, 6.07) is 14.1. The molecule has 1 atom stereocenters. The maximum absolute atomic E-state index is 12.7. The average molecular weight is 491 g/mol. The zero-order valence-corrected chi connectivity index (χ0v) is 21.4. The van der Waals surface area contributed by atoms with Gasteiger partial charge in [-0.05, 0) is 56.9 Å². The molecular weight excluding hydrogens is 456 g/mol. The Morgan fingerprint density at radius 3 is 1.61 bits per heavy atom. The lowest BCUT2D eigenvalue weighted by Gasteiger charge is -2.31. The summed E-state index contributed by atoms with van der Waals surface area (Å²) in [5.74, 6) is -1.06. The molecular formula is C30H34O6. The zero-order valence-electron chi connectivity index (χ0n) is 21.4. The van der Waals surface area contributed by atoms with E-state index in [2.05, 4.69) is 6.92 Å². The minimum absolute atomic E-state index is 0.0641. The molecule has 0 radical (unpaired) electrons. The molecule has 0 aromatic heterocycles. The van der Waals surface area contributed by atoms with Gasteiger partial charge in [-0.1, -0.05) is 67.5 Å². The molecule has 6 nitrogen and oxygen atoms in total. The Morgan fingerprint density at radius 1 is 0.778 bits per heavy atom. The van der Waals surface area contributed by atoms with Crippen LogP contribution in [0.2, 0.25) is 0 Å². The highest BCUT2D eigenvalue weighted by Crippen LogP contribution is 2.27. The predicted octanol–water partition coefficient (Wildman–Crippen LogP) is 5.78. The Bertz CT molecular complexity index is 1060. The monoisotopic (exact) mass is 490 g/mol. The number of rotatable bonds is 10. The van der Waals surface area contributed by atoms with E-state index in [0.29, 0.717) is 29.0 Å². The van der Waals surface area contributed by atoms with E-state index in [1.54, 1.807) is 30.3 Å². The van der Waals surface area contributed by atoms with Crippen LogP contribution in [-0.4, -0.2) is 37.7 Å². The second-order valence-corrected chi connectivity index (χ2v) is 9.55. The van der Waals surface area contributed by atoms with Crippen LogP contribution >= 0.6 is 0 Å². The normalized spacial score (nSPS) is 15.1. The summed E-state index contributed by atoms with van der Waals surface area (Å²) in [4.78, 5) is 38.0. The first-order chi connectivity index (χ1) is 17.2. The maximum Gasteiger partial charge on any atom is 0.338 e. The Hall–Kier alpha value is -3.67. The molecule has 0 fully saturated rings. The first kappa shape index (κ1) is 26.9. The Kier molecular flexibility index (Phi) is 9.23. The SMILES string of the molecule is CCC(COC(=O)C1=CCC(C)C=C1)(COC(=O)c1ccc(C)cc1)COC(=O)c1ccc(C)cc1. The zero-order chi connectivity index (χ0) is 26.1. The van der Waals surface area contributed by atoms with E-state index in [9.17, 15) is 14.4 Å². The van der Waals surface area contributed by atoms with Crippen molar-refractivity contribution in [1.82, 2.24) is 0 Å². The Morgan fingerprint density at radius 2 is 1.22 bits per heavy atom. The van der Waals surface area contributed by atoms with E-state index < -0.39 is 23.3 Å². The number of benzene rings is 2. The smallest absolute Gasteiger partial charge is 0.338 e. The van der Waals surface area contributed by atoms with E-state index >= 15 is 0 Å². The number of ether oxygens (including phenoxy) is 3. The molecule has 1 aliphatic carbocycles. The number of esters is 3. The lowest BCUT2D eigenvalue weighted by atomic mass is 9.87. The highest BCUT2D eigenvalue weighted by Gasteiger charge is 2.35. The van der Waals surface area contributed by atoms with Gasteiger partial charge in [0.1, 0.15) is 19.8 Å². The summed E-state index contributed by atoms with van der Waals surface area (Å²) in [6.45, 7) is 7.62. The van der Waals surface area contributed by atoms with Gasteiger partial charge in [0.15, 0.2) is 0 Å². The highest BCUT2D eigenvalue weighted by atomic mass is 16.6. The van der Waals surface area contributed by atoms with Gasteiger partial charge in [-0.3, -0.25) is 0 Å². The van der Waals surface area contributed by atoms with E-state index in [-0.39, 0.29) is 19.8 Å². The second kappa shape index (κ2) is 12.3. The van der Waals surface area contributed by atoms with Crippen molar-refractivity contribution in [2.75, 3.05) is 19.8 Å². The van der Waals surface area contributed by atoms with Crippen molar-refractivity contribution in [3.63, 3.8) is 0 Å². The molecule has 2 aromatic rings. The second-order valence-electron chi connectivity index (χ2n) is 9.55.